The van der Waals surface area contributed by atoms with Crippen LogP contribution in [0.2, 0.25) is 0 Å². The van der Waals surface area contributed by atoms with Crippen LogP contribution < -0.4 is 10.6 Å². The quantitative estimate of drug-likeness (QED) is 0.607. The van der Waals surface area contributed by atoms with E-state index in [2.05, 4.69) is 20.6 Å². The summed E-state index contributed by atoms with van der Waals surface area (Å²) >= 11 is 1.63. The zero-order chi connectivity index (χ0) is 15.0. The molecular weight excluding hydrogens is 274 g/mol. The lowest BCUT2D eigenvalue weighted by atomic mass is 10.4. The van der Waals surface area contributed by atoms with E-state index in [1.54, 1.807) is 18.4 Å². The smallest absolute Gasteiger partial charge is 0.239 e. The van der Waals surface area contributed by atoms with Gasteiger partial charge in [-0.3, -0.25) is 9.79 Å². The molecular formula is C13H23N5OS. The van der Waals surface area contributed by atoms with Gasteiger partial charge in [0.05, 0.1) is 23.8 Å². The number of carbonyl (C=O) groups is 1. The van der Waals surface area contributed by atoms with Crippen LogP contribution in [0.25, 0.3) is 0 Å². The maximum Gasteiger partial charge on any atom is 0.239 e. The SMILES string of the molecule is CCCNC(=O)CNC(=NC)N(C)Cc1csc(C)n1. The molecule has 0 aromatic carbocycles. The number of carbonyl (C=O) groups excluding carboxylic acids is 1. The number of aromatic nitrogens is 1. The third-order valence-electron chi connectivity index (χ3n) is 2.62. The number of amides is 1. The second kappa shape index (κ2) is 8.52. The number of guanidine groups is 1. The summed E-state index contributed by atoms with van der Waals surface area (Å²) in [6, 6.07) is 0. The largest absolute Gasteiger partial charge is 0.355 e. The summed E-state index contributed by atoms with van der Waals surface area (Å²) in [6.45, 7) is 5.61. The number of hydrogen-bond donors (Lipinski definition) is 2. The monoisotopic (exact) mass is 297 g/mol. The molecule has 0 aliphatic carbocycles. The first-order chi connectivity index (χ1) is 9.56. The molecule has 0 atom stereocenters. The molecule has 0 fully saturated rings. The Hall–Kier alpha value is -1.63. The number of thiazole rings is 1. The molecule has 0 unspecified atom stereocenters. The van der Waals surface area contributed by atoms with E-state index in [1.165, 1.54) is 0 Å². The van der Waals surface area contributed by atoms with Crippen molar-refractivity contribution in [3.8, 4) is 0 Å². The Morgan fingerprint density at radius 1 is 1.50 bits per heavy atom. The maximum atomic E-state index is 11.5. The van der Waals surface area contributed by atoms with E-state index in [-0.39, 0.29) is 12.5 Å². The van der Waals surface area contributed by atoms with Gasteiger partial charge in [-0.1, -0.05) is 6.92 Å². The summed E-state index contributed by atoms with van der Waals surface area (Å²) in [7, 11) is 3.63. The van der Waals surface area contributed by atoms with Gasteiger partial charge in [0.15, 0.2) is 5.96 Å². The third kappa shape index (κ3) is 5.56. The van der Waals surface area contributed by atoms with Crippen molar-refractivity contribution in [1.82, 2.24) is 20.5 Å². The number of aliphatic imine (C=N–C) groups is 1. The van der Waals surface area contributed by atoms with E-state index in [4.69, 9.17) is 0 Å². The molecule has 0 spiro atoms. The zero-order valence-electron chi connectivity index (χ0n) is 12.6. The molecule has 0 saturated carbocycles. The third-order valence-corrected chi connectivity index (χ3v) is 3.44. The fourth-order valence-corrected chi connectivity index (χ4v) is 2.27. The van der Waals surface area contributed by atoms with Crippen molar-refractivity contribution in [3.63, 3.8) is 0 Å². The van der Waals surface area contributed by atoms with Crippen LogP contribution in [-0.2, 0) is 11.3 Å². The molecule has 1 rings (SSSR count). The van der Waals surface area contributed by atoms with E-state index >= 15 is 0 Å². The highest BCUT2D eigenvalue weighted by molar-refractivity contribution is 7.09. The number of aryl methyl sites for hydroxylation is 1. The predicted molar refractivity (Wildman–Crippen MR) is 83.0 cm³/mol. The maximum absolute atomic E-state index is 11.5. The van der Waals surface area contributed by atoms with Crippen molar-refractivity contribution < 1.29 is 4.79 Å². The molecule has 112 valence electrons. The van der Waals surface area contributed by atoms with Gasteiger partial charge in [0.2, 0.25) is 5.91 Å². The molecule has 1 aromatic rings. The van der Waals surface area contributed by atoms with Crippen LogP contribution in [0.15, 0.2) is 10.4 Å². The van der Waals surface area contributed by atoms with Crippen molar-refractivity contribution in [3.05, 3.63) is 16.1 Å². The first-order valence-electron chi connectivity index (χ1n) is 6.66. The standard InChI is InChI=1S/C13H23N5OS/c1-5-6-15-12(19)7-16-13(14-3)18(4)8-11-9-20-10(2)17-11/h9H,5-8H2,1-4H3,(H,14,16)(H,15,19). The van der Waals surface area contributed by atoms with Gasteiger partial charge in [-0.2, -0.15) is 0 Å². The Morgan fingerprint density at radius 3 is 2.80 bits per heavy atom. The van der Waals surface area contributed by atoms with Crippen LogP contribution in [0.5, 0.6) is 0 Å². The Bertz CT molecular complexity index is 457. The highest BCUT2D eigenvalue weighted by atomic mass is 32.1. The van der Waals surface area contributed by atoms with E-state index in [0.29, 0.717) is 19.0 Å². The van der Waals surface area contributed by atoms with Crippen molar-refractivity contribution in [1.29, 1.82) is 0 Å². The van der Waals surface area contributed by atoms with Gasteiger partial charge in [0, 0.05) is 26.0 Å². The van der Waals surface area contributed by atoms with Gasteiger partial charge in [0.25, 0.3) is 0 Å². The van der Waals surface area contributed by atoms with Crippen LogP contribution in [0.3, 0.4) is 0 Å². The summed E-state index contributed by atoms with van der Waals surface area (Å²) in [6.07, 6.45) is 0.934. The molecule has 0 aliphatic rings. The second-order valence-corrected chi connectivity index (χ2v) is 5.53. The minimum Gasteiger partial charge on any atom is -0.355 e. The van der Waals surface area contributed by atoms with E-state index in [0.717, 1.165) is 17.1 Å². The minimum atomic E-state index is -0.0223. The topological polar surface area (TPSA) is 69.6 Å². The summed E-state index contributed by atoms with van der Waals surface area (Å²) in [5.74, 6) is 0.660. The summed E-state index contributed by atoms with van der Waals surface area (Å²) in [5, 5.41) is 8.95. The van der Waals surface area contributed by atoms with Gasteiger partial charge < -0.3 is 15.5 Å². The van der Waals surface area contributed by atoms with Crippen LogP contribution >= 0.6 is 11.3 Å². The lowest BCUT2D eigenvalue weighted by Crippen LogP contribution is -2.43. The van der Waals surface area contributed by atoms with Crippen LogP contribution in [0.4, 0.5) is 0 Å². The zero-order valence-corrected chi connectivity index (χ0v) is 13.4. The van der Waals surface area contributed by atoms with Gasteiger partial charge in [0.1, 0.15) is 0 Å². The lowest BCUT2D eigenvalue weighted by molar-refractivity contribution is -0.120. The van der Waals surface area contributed by atoms with Gasteiger partial charge in [-0.15, -0.1) is 11.3 Å². The number of rotatable bonds is 6. The molecule has 1 amide bonds. The molecule has 0 saturated heterocycles. The highest BCUT2D eigenvalue weighted by Gasteiger charge is 2.09. The molecule has 0 bridgehead atoms. The van der Waals surface area contributed by atoms with E-state index in [1.807, 2.05) is 31.2 Å². The molecule has 6 nitrogen and oxygen atoms in total. The fraction of sp³-hybridized carbons (Fsp3) is 0.615. The predicted octanol–water partition coefficient (Wildman–Crippen LogP) is 0.985. The molecule has 2 N–H and O–H groups in total. The number of hydrogen-bond acceptors (Lipinski definition) is 4. The fourth-order valence-electron chi connectivity index (χ4n) is 1.67. The van der Waals surface area contributed by atoms with Crippen LogP contribution in [-0.4, -0.2) is 48.9 Å². The minimum absolute atomic E-state index is 0.0223. The molecule has 0 radical (unpaired) electrons. The van der Waals surface area contributed by atoms with Gasteiger partial charge in [-0.05, 0) is 13.3 Å². The second-order valence-electron chi connectivity index (χ2n) is 4.46. The van der Waals surface area contributed by atoms with Gasteiger partial charge >= 0.3 is 0 Å². The first-order valence-corrected chi connectivity index (χ1v) is 7.54. The Kier molecular flexibility index (Phi) is 7.00. The van der Waals surface area contributed by atoms with Crippen molar-refractivity contribution in [2.45, 2.75) is 26.8 Å². The first kappa shape index (κ1) is 16.4. The number of nitrogens with one attached hydrogen (secondary N) is 2. The molecule has 0 aliphatic heterocycles. The van der Waals surface area contributed by atoms with Crippen LogP contribution in [0, 0.1) is 6.92 Å². The molecule has 7 heteroatoms. The van der Waals surface area contributed by atoms with Crippen molar-refractivity contribution in [2.75, 3.05) is 27.2 Å². The average molecular weight is 297 g/mol. The molecule has 20 heavy (non-hydrogen) atoms. The summed E-state index contributed by atoms with van der Waals surface area (Å²) in [5.41, 5.74) is 1.01. The van der Waals surface area contributed by atoms with Crippen molar-refractivity contribution in [2.24, 2.45) is 4.99 Å². The van der Waals surface area contributed by atoms with E-state index in [9.17, 15) is 4.79 Å². The Balaban J connectivity index is 2.43. The van der Waals surface area contributed by atoms with Crippen LogP contribution in [0.1, 0.15) is 24.0 Å². The Morgan fingerprint density at radius 2 is 2.25 bits per heavy atom. The van der Waals surface area contributed by atoms with Gasteiger partial charge in [-0.25, -0.2) is 4.98 Å². The molecule has 1 aromatic heterocycles. The average Bonchev–Trinajstić information content (AvgIpc) is 2.82. The molecule has 1 heterocycles. The summed E-state index contributed by atoms with van der Waals surface area (Å²) < 4.78 is 0. The van der Waals surface area contributed by atoms with E-state index < -0.39 is 0 Å². The number of nitrogens with zero attached hydrogens (tertiary/aromatic N) is 3. The normalized spacial score (nSPS) is 11.3. The highest BCUT2D eigenvalue weighted by Crippen LogP contribution is 2.09. The lowest BCUT2D eigenvalue weighted by Gasteiger charge is -2.20. The Labute approximate surface area is 124 Å². The van der Waals surface area contributed by atoms with Crippen molar-refractivity contribution >= 4 is 23.2 Å². The summed E-state index contributed by atoms with van der Waals surface area (Å²) in [4.78, 5) is 22.1.